The van der Waals surface area contributed by atoms with Crippen LogP contribution < -0.4 is 15.8 Å². The van der Waals surface area contributed by atoms with Crippen molar-refractivity contribution in [2.75, 3.05) is 12.4 Å². The molecule has 1 aromatic carbocycles. The highest BCUT2D eigenvalue weighted by atomic mass is 16.5. The van der Waals surface area contributed by atoms with E-state index >= 15 is 0 Å². The van der Waals surface area contributed by atoms with Gasteiger partial charge in [0.25, 0.3) is 0 Å². The van der Waals surface area contributed by atoms with Crippen LogP contribution in [0.1, 0.15) is 12.5 Å². The number of methoxy groups -OCH3 is 1. The Labute approximate surface area is 93.6 Å². The summed E-state index contributed by atoms with van der Waals surface area (Å²) in [5, 5.41) is 2.62. The summed E-state index contributed by atoms with van der Waals surface area (Å²) in [7, 11) is 1.51. The highest BCUT2D eigenvalue weighted by Crippen LogP contribution is 2.25. The van der Waals surface area contributed by atoms with Gasteiger partial charge in [-0.1, -0.05) is 6.07 Å². The first kappa shape index (κ1) is 12.0. The second kappa shape index (κ2) is 5.16. The molecular formula is C11H14N2O3. The Morgan fingerprint density at radius 3 is 2.62 bits per heavy atom. The molecule has 0 bridgehead atoms. The lowest BCUT2D eigenvalue weighted by atomic mass is 10.1. The topological polar surface area (TPSA) is 81.4 Å². The summed E-state index contributed by atoms with van der Waals surface area (Å²) < 4.78 is 5.08. The molecule has 0 saturated heterocycles. The minimum atomic E-state index is -0.418. The van der Waals surface area contributed by atoms with E-state index in [1.807, 2.05) is 0 Å². The monoisotopic (exact) mass is 222 g/mol. The van der Waals surface area contributed by atoms with Crippen molar-refractivity contribution in [1.29, 1.82) is 0 Å². The van der Waals surface area contributed by atoms with Crippen molar-refractivity contribution in [3.05, 3.63) is 23.8 Å². The van der Waals surface area contributed by atoms with E-state index in [4.69, 9.17) is 10.5 Å². The Kier molecular flexibility index (Phi) is 3.88. The zero-order valence-corrected chi connectivity index (χ0v) is 9.24. The third kappa shape index (κ3) is 3.27. The third-order valence-corrected chi connectivity index (χ3v) is 1.95. The summed E-state index contributed by atoms with van der Waals surface area (Å²) in [6, 6.07) is 5.09. The predicted octanol–water partition coefficient (Wildman–Crippen LogP) is 0.681. The Morgan fingerprint density at radius 2 is 2.12 bits per heavy atom. The molecule has 5 heteroatoms. The number of ether oxygens (including phenoxy) is 1. The predicted molar refractivity (Wildman–Crippen MR) is 60.2 cm³/mol. The Bertz CT molecular complexity index is 416. The maximum Gasteiger partial charge on any atom is 0.221 e. The van der Waals surface area contributed by atoms with Crippen LogP contribution in [0.2, 0.25) is 0 Å². The number of carbonyl (C=O) groups excluding carboxylic acids is 2. The number of hydrogen-bond donors (Lipinski definition) is 2. The van der Waals surface area contributed by atoms with Gasteiger partial charge in [0, 0.05) is 6.92 Å². The van der Waals surface area contributed by atoms with Gasteiger partial charge in [0.15, 0.2) is 0 Å². The van der Waals surface area contributed by atoms with Gasteiger partial charge in [-0.3, -0.25) is 9.59 Å². The number of anilines is 1. The minimum absolute atomic E-state index is 0.135. The average Bonchev–Trinajstić information content (AvgIpc) is 2.16. The second-order valence-corrected chi connectivity index (χ2v) is 3.36. The number of amides is 2. The number of nitrogens with two attached hydrogens (primary N) is 1. The molecule has 0 aliphatic heterocycles. The largest absolute Gasteiger partial charge is 0.495 e. The Hall–Kier alpha value is -2.04. The van der Waals surface area contributed by atoms with Crippen LogP contribution in [0.4, 0.5) is 5.69 Å². The van der Waals surface area contributed by atoms with Gasteiger partial charge in [0.1, 0.15) is 5.75 Å². The molecule has 0 saturated carbocycles. The molecule has 86 valence electrons. The first-order valence-electron chi connectivity index (χ1n) is 4.75. The van der Waals surface area contributed by atoms with E-state index in [-0.39, 0.29) is 12.3 Å². The minimum Gasteiger partial charge on any atom is -0.495 e. The first-order valence-corrected chi connectivity index (χ1v) is 4.75. The van der Waals surface area contributed by atoms with Crippen LogP contribution in [0.5, 0.6) is 5.75 Å². The van der Waals surface area contributed by atoms with Crippen LogP contribution in [0.25, 0.3) is 0 Å². The van der Waals surface area contributed by atoms with Gasteiger partial charge in [-0.15, -0.1) is 0 Å². The van der Waals surface area contributed by atoms with Crippen LogP contribution in [0, 0.1) is 0 Å². The zero-order chi connectivity index (χ0) is 12.1. The first-order chi connectivity index (χ1) is 7.52. The zero-order valence-electron chi connectivity index (χ0n) is 9.24. The van der Waals surface area contributed by atoms with E-state index in [1.165, 1.54) is 14.0 Å². The molecule has 3 N–H and O–H groups in total. The van der Waals surface area contributed by atoms with Crippen LogP contribution in [-0.2, 0) is 16.0 Å². The van der Waals surface area contributed by atoms with Crippen molar-refractivity contribution in [1.82, 2.24) is 0 Å². The van der Waals surface area contributed by atoms with Crippen LogP contribution >= 0.6 is 0 Å². The van der Waals surface area contributed by atoms with E-state index in [1.54, 1.807) is 18.2 Å². The van der Waals surface area contributed by atoms with Gasteiger partial charge >= 0.3 is 0 Å². The molecule has 0 spiro atoms. The molecule has 2 amide bonds. The SMILES string of the molecule is COc1ccc(CC(N)=O)cc1NC(C)=O. The van der Waals surface area contributed by atoms with Gasteiger partial charge in [0.05, 0.1) is 19.2 Å². The number of rotatable bonds is 4. The molecule has 0 heterocycles. The molecule has 0 aliphatic carbocycles. The molecule has 0 radical (unpaired) electrons. The van der Waals surface area contributed by atoms with Gasteiger partial charge in [-0.05, 0) is 17.7 Å². The number of hydrogen-bond acceptors (Lipinski definition) is 3. The smallest absolute Gasteiger partial charge is 0.221 e. The lowest BCUT2D eigenvalue weighted by molar-refractivity contribution is -0.117. The number of nitrogens with one attached hydrogen (secondary N) is 1. The maximum absolute atomic E-state index is 11.0. The van der Waals surface area contributed by atoms with Crippen molar-refractivity contribution in [3.63, 3.8) is 0 Å². The molecule has 0 aliphatic rings. The quantitative estimate of drug-likeness (QED) is 0.786. The maximum atomic E-state index is 11.0. The molecule has 0 atom stereocenters. The molecular weight excluding hydrogens is 208 g/mol. The summed E-state index contributed by atoms with van der Waals surface area (Å²) in [6.07, 6.45) is 0.135. The van der Waals surface area contributed by atoms with Crippen molar-refractivity contribution in [2.45, 2.75) is 13.3 Å². The molecule has 0 aromatic heterocycles. The van der Waals surface area contributed by atoms with Gasteiger partial charge in [-0.25, -0.2) is 0 Å². The number of carbonyl (C=O) groups is 2. The number of primary amides is 1. The van der Waals surface area contributed by atoms with Crippen LogP contribution in [0.15, 0.2) is 18.2 Å². The van der Waals surface area contributed by atoms with E-state index in [0.717, 1.165) is 5.56 Å². The van der Waals surface area contributed by atoms with E-state index in [9.17, 15) is 9.59 Å². The van der Waals surface area contributed by atoms with Gasteiger partial charge in [0.2, 0.25) is 11.8 Å². The summed E-state index contributed by atoms with van der Waals surface area (Å²) in [6.45, 7) is 1.40. The van der Waals surface area contributed by atoms with E-state index in [2.05, 4.69) is 5.32 Å². The van der Waals surface area contributed by atoms with Crippen molar-refractivity contribution < 1.29 is 14.3 Å². The summed E-state index contributed by atoms with van der Waals surface area (Å²) >= 11 is 0. The molecule has 0 fully saturated rings. The second-order valence-electron chi connectivity index (χ2n) is 3.36. The molecule has 16 heavy (non-hydrogen) atoms. The number of benzene rings is 1. The third-order valence-electron chi connectivity index (χ3n) is 1.95. The Morgan fingerprint density at radius 1 is 1.44 bits per heavy atom. The van der Waals surface area contributed by atoms with Gasteiger partial charge < -0.3 is 15.8 Å². The molecule has 1 aromatic rings. The standard InChI is InChI=1S/C11H14N2O3/c1-7(14)13-9-5-8(6-11(12)15)3-4-10(9)16-2/h3-5H,6H2,1-2H3,(H2,12,15)(H,13,14). The van der Waals surface area contributed by atoms with E-state index < -0.39 is 5.91 Å². The fraction of sp³-hybridized carbons (Fsp3) is 0.273. The van der Waals surface area contributed by atoms with Crippen LogP contribution in [0.3, 0.4) is 0 Å². The van der Waals surface area contributed by atoms with E-state index in [0.29, 0.717) is 11.4 Å². The van der Waals surface area contributed by atoms with Crippen LogP contribution in [-0.4, -0.2) is 18.9 Å². The highest BCUT2D eigenvalue weighted by Gasteiger charge is 2.07. The lowest BCUT2D eigenvalue weighted by Gasteiger charge is -2.10. The highest BCUT2D eigenvalue weighted by molar-refractivity contribution is 5.90. The summed E-state index contributed by atoms with van der Waals surface area (Å²) in [4.78, 5) is 21.7. The van der Waals surface area contributed by atoms with Crippen molar-refractivity contribution >= 4 is 17.5 Å². The fourth-order valence-corrected chi connectivity index (χ4v) is 1.35. The molecule has 5 nitrogen and oxygen atoms in total. The van der Waals surface area contributed by atoms with Crippen molar-refractivity contribution in [2.24, 2.45) is 5.73 Å². The Balaban J connectivity index is 3.00. The average molecular weight is 222 g/mol. The van der Waals surface area contributed by atoms with Gasteiger partial charge in [-0.2, -0.15) is 0 Å². The lowest BCUT2D eigenvalue weighted by Crippen LogP contribution is -2.14. The summed E-state index contributed by atoms with van der Waals surface area (Å²) in [5.74, 6) is -0.0723. The fourth-order valence-electron chi connectivity index (χ4n) is 1.35. The van der Waals surface area contributed by atoms with Crippen molar-refractivity contribution in [3.8, 4) is 5.75 Å². The molecule has 0 unspecified atom stereocenters. The normalized spacial score (nSPS) is 9.62. The molecule has 1 rings (SSSR count). The summed E-state index contributed by atoms with van der Waals surface area (Å²) in [5.41, 5.74) is 6.36.